The summed E-state index contributed by atoms with van der Waals surface area (Å²) in [5, 5.41) is 0.0504. The van der Waals surface area contributed by atoms with Crippen LogP contribution in [0.1, 0.15) is 37.1 Å². The summed E-state index contributed by atoms with van der Waals surface area (Å²) in [5.74, 6) is -0.524. The van der Waals surface area contributed by atoms with Crippen molar-refractivity contribution in [2.24, 2.45) is 0 Å². The molecule has 4 rings (SSSR count). The highest BCUT2D eigenvalue weighted by molar-refractivity contribution is 7.87. The number of ether oxygens (including phenoxy) is 1. The average molecular weight is 471 g/mol. The van der Waals surface area contributed by atoms with Crippen molar-refractivity contribution < 1.29 is 18.1 Å². The van der Waals surface area contributed by atoms with Crippen LogP contribution in [0.5, 0.6) is 0 Å². The number of hydrogen-bond acceptors (Lipinski definition) is 4. The zero-order chi connectivity index (χ0) is 21.3. The molecule has 1 aromatic heterocycles. The van der Waals surface area contributed by atoms with Gasteiger partial charge in [0.25, 0.3) is 0 Å². The number of hydrogen-bond donors (Lipinski definition) is 0. The second-order valence-electron chi connectivity index (χ2n) is 7.52. The number of halogens is 2. The average Bonchev–Trinajstić information content (AvgIpc) is 3.50. The van der Waals surface area contributed by atoms with Gasteiger partial charge in [-0.15, -0.1) is 11.3 Å². The number of anilines is 1. The fraction of sp³-hybridized carbons (Fsp3) is 0.476. The van der Waals surface area contributed by atoms with E-state index in [9.17, 15) is 13.4 Å². The van der Waals surface area contributed by atoms with Crippen LogP contribution in [-0.4, -0.2) is 46.1 Å². The molecular formula is C21H24ClFN2O3S2. The van der Waals surface area contributed by atoms with Crippen molar-refractivity contribution >= 4 is 45.5 Å². The Balaban J connectivity index is 1.65. The van der Waals surface area contributed by atoms with E-state index in [1.807, 2.05) is 24.0 Å². The third kappa shape index (κ3) is 4.56. The molecule has 0 spiro atoms. The largest absolute Gasteiger partial charge is 0.369 e. The number of benzene rings is 1. The van der Waals surface area contributed by atoms with Gasteiger partial charge in [-0.2, -0.15) is 0 Å². The van der Waals surface area contributed by atoms with Gasteiger partial charge in [-0.25, -0.2) is 8.60 Å². The van der Waals surface area contributed by atoms with Gasteiger partial charge >= 0.3 is 0 Å². The molecule has 2 heterocycles. The highest BCUT2D eigenvalue weighted by Gasteiger charge is 2.39. The van der Waals surface area contributed by atoms with E-state index < -0.39 is 16.8 Å². The lowest BCUT2D eigenvalue weighted by molar-refractivity contribution is -0.152. The van der Waals surface area contributed by atoms with Gasteiger partial charge in [-0.05, 0) is 43.5 Å². The zero-order valence-corrected chi connectivity index (χ0v) is 19.0. The number of rotatable bonds is 8. The first-order valence-corrected chi connectivity index (χ1v) is 12.4. The summed E-state index contributed by atoms with van der Waals surface area (Å²) in [4.78, 5) is 15.7. The number of thiophene rings is 1. The number of morpholine rings is 1. The minimum atomic E-state index is -1.34. The third-order valence-electron chi connectivity index (χ3n) is 5.44. The topological polar surface area (TPSA) is 49.9 Å². The van der Waals surface area contributed by atoms with Crippen molar-refractivity contribution in [3.63, 3.8) is 0 Å². The summed E-state index contributed by atoms with van der Waals surface area (Å²) < 4.78 is 35.6. The van der Waals surface area contributed by atoms with Crippen LogP contribution in [0.2, 0.25) is 4.34 Å². The van der Waals surface area contributed by atoms with Crippen molar-refractivity contribution in [2.75, 3.05) is 24.1 Å². The van der Waals surface area contributed by atoms with Gasteiger partial charge in [0.15, 0.2) is 0 Å². The van der Waals surface area contributed by atoms with Crippen molar-refractivity contribution in [3.8, 4) is 0 Å². The van der Waals surface area contributed by atoms with E-state index in [-0.39, 0.29) is 29.8 Å². The Kier molecular flexibility index (Phi) is 6.77. The molecule has 1 aliphatic heterocycles. The molecule has 3 atom stereocenters. The van der Waals surface area contributed by atoms with E-state index in [1.165, 1.54) is 17.4 Å². The van der Waals surface area contributed by atoms with Crippen LogP contribution in [0.3, 0.4) is 0 Å². The Morgan fingerprint density at radius 1 is 1.33 bits per heavy atom. The summed E-state index contributed by atoms with van der Waals surface area (Å²) in [6.07, 6.45) is 2.40. The Morgan fingerprint density at radius 2 is 2.10 bits per heavy atom. The first-order valence-electron chi connectivity index (χ1n) is 10.1. The normalized spacial score (nSPS) is 21.5. The molecule has 1 saturated carbocycles. The minimum absolute atomic E-state index is 0.0114. The second-order valence-corrected chi connectivity index (χ2v) is 10.9. The van der Waals surface area contributed by atoms with Gasteiger partial charge in [0.1, 0.15) is 23.4 Å². The molecular weight excluding hydrogens is 447 g/mol. The Bertz CT molecular complexity index is 936. The maximum absolute atomic E-state index is 14.6. The fourth-order valence-corrected chi connectivity index (χ4v) is 6.45. The predicted octanol–water partition coefficient (Wildman–Crippen LogP) is 4.55. The van der Waals surface area contributed by atoms with Gasteiger partial charge in [0, 0.05) is 4.88 Å². The molecule has 2 aromatic rings. The van der Waals surface area contributed by atoms with E-state index in [4.69, 9.17) is 16.3 Å². The molecule has 30 heavy (non-hydrogen) atoms. The molecule has 1 saturated heterocycles. The molecule has 0 radical (unpaired) electrons. The van der Waals surface area contributed by atoms with Crippen molar-refractivity contribution in [3.05, 3.63) is 51.4 Å². The third-order valence-corrected chi connectivity index (χ3v) is 8.59. The molecule has 1 aromatic carbocycles. The van der Waals surface area contributed by atoms with Crippen molar-refractivity contribution in [1.29, 1.82) is 0 Å². The summed E-state index contributed by atoms with van der Waals surface area (Å²) in [6, 6.07) is 9.62. The Hall–Kier alpha value is -1.48. The summed E-state index contributed by atoms with van der Waals surface area (Å²) >= 11 is 7.55. The SMILES string of the molecule is CC[C@@H](CN(c1ccccc1F)S(=O)C1CC1)N1C(=O)COC[C@H]1c1ccc(Cl)s1. The van der Waals surface area contributed by atoms with Crippen LogP contribution >= 0.6 is 22.9 Å². The van der Waals surface area contributed by atoms with Gasteiger partial charge in [-0.3, -0.25) is 9.10 Å². The number of carbonyl (C=O) groups is 1. The molecule has 1 unspecified atom stereocenters. The number of nitrogens with zero attached hydrogens (tertiary/aromatic N) is 2. The lowest BCUT2D eigenvalue weighted by Gasteiger charge is -2.42. The Labute approximate surface area is 187 Å². The molecule has 1 amide bonds. The number of para-hydroxylation sites is 1. The lowest BCUT2D eigenvalue weighted by Crippen LogP contribution is -2.53. The molecule has 0 N–H and O–H groups in total. The van der Waals surface area contributed by atoms with E-state index in [0.717, 1.165) is 17.7 Å². The van der Waals surface area contributed by atoms with Gasteiger partial charge in [0.2, 0.25) is 5.91 Å². The maximum Gasteiger partial charge on any atom is 0.249 e. The van der Waals surface area contributed by atoms with Crippen LogP contribution in [-0.2, 0) is 20.5 Å². The predicted molar refractivity (Wildman–Crippen MR) is 119 cm³/mol. The molecule has 0 bridgehead atoms. The second kappa shape index (κ2) is 9.34. The van der Waals surface area contributed by atoms with E-state index in [0.29, 0.717) is 29.6 Å². The van der Waals surface area contributed by atoms with Crippen LogP contribution in [0.15, 0.2) is 36.4 Å². The van der Waals surface area contributed by atoms with E-state index in [1.54, 1.807) is 22.5 Å². The molecule has 1 aliphatic carbocycles. The summed E-state index contributed by atoms with van der Waals surface area (Å²) in [5.41, 5.74) is 0.317. The zero-order valence-electron chi connectivity index (χ0n) is 16.6. The monoisotopic (exact) mass is 470 g/mol. The molecule has 2 aliphatic rings. The van der Waals surface area contributed by atoms with Crippen molar-refractivity contribution in [1.82, 2.24) is 4.90 Å². The van der Waals surface area contributed by atoms with Gasteiger partial charge in [0.05, 0.1) is 40.5 Å². The highest BCUT2D eigenvalue weighted by atomic mass is 35.5. The minimum Gasteiger partial charge on any atom is -0.369 e. The maximum atomic E-state index is 14.6. The number of amides is 1. The molecule has 9 heteroatoms. The molecule has 5 nitrogen and oxygen atoms in total. The van der Waals surface area contributed by atoms with E-state index in [2.05, 4.69) is 0 Å². The lowest BCUT2D eigenvalue weighted by atomic mass is 10.1. The summed E-state index contributed by atoms with van der Waals surface area (Å²) in [6.45, 7) is 2.68. The van der Waals surface area contributed by atoms with Gasteiger partial charge in [-0.1, -0.05) is 30.7 Å². The van der Waals surface area contributed by atoms with Crippen LogP contribution in [0.4, 0.5) is 10.1 Å². The van der Waals surface area contributed by atoms with Gasteiger partial charge < -0.3 is 9.64 Å². The van der Waals surface area contributed by atoms with Crippen LogP contribution in [0.25, 0.3) is 0 Å². The first-order chi connectivity index (χ1) is 14.5. The van der Waals surface area contributed by atoms with Crippen molar-refractivity contribution in [2.45, 2.75) is 43.5 Å². The van der Waals surface area contributed by atoms with E-state index >= 15 is 0 Å². The smallest absolute Gasteiger partial charge is 0.249 e. The highest BCUT2D eigenvalue weighted by Crippen LogP contribution is 2.36. The Morgan fingerprint density at radius 3 is 2.73 bits per heavy atom. The quantitative estimate of drug-likeness (QED) is 0.568. The van der Waals surface area contributed by atoms with Crippen LogP contribution in [0, 0.1) is 5.82 Å². The fourth-order valence-electron chi connectivity index (χ4n) is 3.75. The molecule has 2 fully saturated rings. The summed E-state index contributed by atoms with van der Waals surface area (Å²) in [7, 11) is -1.34. The number of carbonyl (C=O) groups excluding carboxylic acids is 1. The standard InChI is InChI=1S/C21H24ClFN2O3S2/c1-2-14(25-18(12-28-13-21(25)26)19-9-10-20(22)29-19)11-24(30(27)15-7-8-15)17-6-4-3-5-16(17)23/h3-6,9-10,14-15,18H,2,7-8,11-13H2,1H3/t14-,18-,30?/m0/s1. The van der Waals surface area contributed by atoms with Crippen LogP contribution < -0.4 is 4.31 Å². The first kappa shape index (κ1) is 21.7. The molecule has 162 valence electrons.